The number of aromatic nitrogens is 4. The van der Waals surface area contributed by atoms with Crippen LogP contribution in [-0.4, -0.2) is 46.8 Å². The van der Waals surface area contributed by atoms with Crippen LogP contribution in [0.15, 0.2) is 66.3 Å². The molecule has 1 amide bonds. The lowest BCUT2D eigenvalue weighted by Gasteiger charge is -2.15. The molecule has 0 aliphatic rings. The summed E-state index contributed by atoms with van der Waals surface area (Å²) in [6, 6.07) is 17.3. The fourth-order valence-corrected chi connectivity index (χ4v) is 6.17. The molecular formula is C30H24Cl2N6O4S. The number of carbonyl (C=O) groups is 1. The molecule has 0 fully saturated rings. The van der Waals surface area contributed by atoms with E-state index in [9.17, 15) is 4.79 Å². The third-order valence-corrected chi connectivity index (χ3v) is 8.52. The molecule has 0 saturated heterocycles. The summed E-state index contributed by atoms with van der Waals surface area (Å²) in [4.78, 5) is 27.2. The number of amides is 1. The van der Waals surface area contributed by atoms with Gasteiger partial charge in [-0.25, -0.2) is 15.0 Å². The standard InChI is InChI=1S/C30H24Cl2N6O4S/c1-40-17-10-8-16(9-11-17)13-38-20-7-5-4-6-19(20)35-30(38)37-28-27-25(33-15-34-28)18(14-43-27)29(39)36-26-23(31)21(41-2)12-22(42-3)24(26)32/h4-12,14-15H,13H2,1-3H3,(H,36,39)(H,33,34,35,37). The Morgan fingerprint density at radius 2 is 1.67 bits per heavy atom. The lowest BCUT2D eigenvalue weighted by molar-refractivity contribution is 0.102. The van der Waals surface area contributed by atoms with Crippen LogP contribution in [0.25, 0.3) is 21.3 Å². The van der Waals surface area contributed by atoms with Gasteiger partial charge >= 0.3 is 0 Å². The molecule has 3 heterocycles. The zero-order chi connectivity index (χ0) is 30.1. The van der Waals surface area contributed by atoms with Gasteiger partial charge in [-0.3, -0.25) is 4.79 Å². The first-order chi connectivity index (χ1) is 20.9. The largest absolute Gasteiger partial charge is 0.497 e. The number of nitrogens with one attached hydrogen (secondary N) is 2. The minimum atomic E-state index is -0.457. The zero-order valence-electron chi connectivity index (χ0n) is 23.1. The highest BCUT2D eigenvalue weighted by Gasteiger charge is 2.23. The van der Waals surface area contributed by atoms with Crippen molar-refractivity contribution in [3.05, 3.63) is 87.5 Å². The van der Waals surface area contributed by atoms with Crippen LogP contribution in [0.2, 0.25) is 10.0 Å². The Labute approximate surface area is 260 Å². The number of nitrogens with zero attached hydrogens (tertiary/aromatic N) is 4. The predicted octanol–water partition coefficient (Wildman–Crippen LogP) is 7.42. The van der Waals surface area contributed by atoms with Crippen LogP contribution in [0, 0.1) is 0 Å². The second-order valence-corrected chi connectivity index (χ2v) is 10.9. The van der Waals surface area contributed by atoms with E-state index in [1.807, 2.05) is 48.5 Å². The molecule has 6 rings (SSSR count). The molecule has 218 valence electrons. The van der Waals surface area contributed by atoms with Gasteiger partial charge in [0.15, 0.2) is 5.82 Å². The van der Waals surface area contributed by atoms with Crippen molar-refractivity contribution in [2.45, 2.75) is 6.54 Å². The summed E-state index contributed by atoms with van der Waals surface area (Å²) in [5.41, 5.74) is 3.81. The van der Waals surface area contributed by atoms with Crippen molar-refractivity contribution in [2.24, 2.45) is 0 Å². The van der Waals surface area contributed by atoms with E-state index in [0.29, 0.717) is 45.6 Å². The van der Waals surface area contributed by atoms with Crippen molar-refractivity contribution in [2.75, 3.05) is 32.0 Å². The molecule has 3 aromatic carbocycles. The minimum absolute atomic E-state index is 0.147. The number of carbonyl (C=O) groups excluding carboxylic acids is 1. The average Bonchev–Trinajstić information content (AvgIpc) is 3.62. The molecule has 0 unspecified atom stereocenters. The van der Waals surface area contributed by atoms with E-state index in [2.05, 4.69) is 25.2 Å². The van der Waals surface area contributed by atoms with Crippen molar-refractivity contribution in [3.63, 3.8) is 0 Å². The fourth-order valence-electron chi connectivity index (χ4n) is 4.63. The molecule has 0 spiro atoms. The molecular weight excluding hydrogens is 611 g/mol. The molecule has 0 atom stereocenters. The van der Waals surface area contributed by atoms with Crippen molar-refractivity contribution in [3.8, 4) is 17.2 Å². The van der Waals surface area contributed by atoms with Crippen LogP contribution in [-0.2, 0) is 6.54 Å². The molecule has 10 nitrogen and oxygen atoms in total. The summed E-state index contributed by atoms with van der Waals surface area (Å²) in [7, 11) is 4.56. The number of ether oxygens (including phenoxy) is 3. The Bertz CT molecular complexity index is 1950. The second-order valence-electron chi connectivity index (χ2n) is 9.27. The van der Waals surface area contributed by atoms with E-state index in [4.69, 9.17) is 42.4 Å². The quantitative estimate of drug-likeness (QED) is 0.169. The summed E-state index contributed by atoms with van der Waals surface area (Å²) >= 11 is 14.3. The summed E-state index contributed by atoms with van der Waals surface area (Å²) in [5.74, 6) is 2.05. The van der Waals surface area contributed by atoms with Crippen LogP contribution in [0.3, 0.4) is 0 Å². The Hall–Kier alpha value is -4.58. The third-order valence-electron chi connectivity index (χ3n) is 6.79. The number of para-hydroxylation sites is 2. The topological polar surface area (TPSA) is 112 Å². The molecule has 6 aromatic rings. The van der Waals surface area contributed by atoms with Crippen LogP contribution in [0.4, 0.5) is 17.5 Å². The van der Waals surface area contributed by atoms with E-state index in [0.717, 1.165) is 22.3 Å². The number of hydrogen-bond donors (Lipinski definition) is 2. The molecule has 0 bridgehead atoms. The number of hydrogen-bond acceptors (Lipinski definition) is 9. The first-order valence-electron chi connectivity index (χ1n) is 12.9. The molecule has 3 aromatic heterocycles. The van der Waals surface area contributed by atoms with E-state index in [-0.39, 0.29) is 15.7 Å². The molecule has 0 aliphatic carbocycles. The maximum Gasteiger partial charge on any atom is 0.258 e. The number of rotatable bonds is 9. The Balaban J connectivity index is 1.34. The maximum absolute atomic E-state index is 13.5. The molecule has 0 radical (unpaired) electrons. The SMILES string of the molecule is COc1ccc(Cn2c(Nc3ncnc4c(C(=O)Nc5c(Cl)c(OC)cc(OC)c5Cl)csc34)nc3ccccc32)cc1. The lowest BCUT2D eigenvalue weighted by atomic mass is 10.2. The van der Waals surface area contributed by atoms with Gasteiger partial charge in [0, 0.05) is 11.4 Å². The van der Waals surface area contributed by atoms with E-state index in [1.165, 1.54) is 31.9 Å². The molecule has 13 heteroatoms. The van der Waals surface area contributed by atoms with Crippen molar-refractivity contribution >= 4 is 79.1 Å². The number of imidazole rings is 1. The molecule has 0 aliphatic heterocycles. The lowest BCUT2D eigenvalue weighted by Crippen LogP contribution is -2.13. The van der Waals surface area contributed by atoms with Gasteiger partial charge in [0.25, 0.3) is 5.91 Å². The Kier molecular flexibility index (Phi) is 7.94. The van der Waals surface area contributed by atoms with Crippen LogP contribution in [0.5, 0.6) is 17.2 Å². The normalized spacial score (nSPS) is 11.1. The number of anilines is 3. The van der Waals surface area contributed by atoms with Gasteiger partial charge in [0.2, 0.25) is 5.95 Å². The van der Waals surface area contributed by atoms with E-state index in [1.54, 1.807) is 18.6 Å². The van der Waals surface area contributed by atoms with Gasteiger partial charge in [-0.1, -0.05) is 47.5 Å². The first-order valence-corrected chi connectivity index (χ1v) is 14.5. The van der Waals surface area contributed by atoms with Gasteiger partial charge in [-0.05, 0) is 29.8 Å². The molecule has 2 N–H and O–H groups in total. The monoisotopic (exact) mass is 634 g/mol. The number of methoxy groups -OCH3 is 3. The third kappa shape index (κ3) is 5.38. The van der Waals surface area contributed by atoms with E-state index >= 15 is 0 Å². The molecule has 0 saturated carbocycles. The van der Waals surface area contributed by atoms with Gasteiger partial charge in [-0.2, -0.15) is 0 Å². The Morgan fingerprint density at radius 1 is 0.953 bits per heavy atom. The van der Waals surface area contributed by atoms with Gasteiger partial charge in [0.1, 0.15) is 33.6 Å². The average molecular weight is 636 g/mol. The first kappa shape index (κ1) is 28.5. The fraction of sp³-hybridized carbons (Fsp3) is 0.133. The van der Waals surface area contributed by atoms with Crippen LogP contribution >= 0.6 is 34.5 Å². The summed E-state index contributed by atoms with van der Waals surface area (Å²) in [6.07, 6.45) is 1.40. The predicted molar refractivity (Wildman–Crippen MR) is 170 cm³/mol. The summed E-state index contributed by atoms with van der Waals surface area (Å²) in [5, 5.41) is 8.17. The minimum Gasteiger partial charge on any atom is -0.497 e. The van der Waals surface area contributed by atoms with Crippen LogP contribution < -0.4 is 24.8 Å². The van der Waals surface area contributed by atoms with Crippen molar-refractivity contribution in [1.29, 1.82) is 0 Å². The van der Waals surface area contributed by atoms with Gasteiger partial charge < -0.3 is 29.4 Å². The number of halogens is 2. The zero-order valence-corrected chi connectivity index (χ0v) is 25.5. The highest BCUT2D eigenvalue weighted by atomic mass is 35.5. The summed E-state index contributed by atoms with van der Waals surface area (Å²) in [6.45, 7) is 0.560. The number of thiophene rings is 1. The summed E-state index contributed by atoms with van der Waals surface area (Å²) < 4.78 is 18.7. The van der Waals surface area contributed by atoms with E-state index < -0.39 is 5.91 Å². The number of benzene rings is 3. The van der Waals surface area contributed by atoms with Gasteiger partial charge in [-0.15, -0.1) is 11.3 Å². The van der Waals surface area contributed by atoms with Gasteiger partial charge in [0.05, 0.1) is 60.4 Å². The maximum atomic E-state index is 13.5. The second kappa shape index (κ2) is 12.0. The Morgan fingerprint density at radius 3 is 2.37 bits per heavy atom. The molecule has 43 heavy (non-hydrogen) atoms. The highest BCUT2D eigenvalue weighted by Crippen LogP contribution is 2.44. The van der Waals surface area contributed by atoms with Crippen molar-refractivity contribution < 1.29 is 19.0 Å². The van der Waals surface area contributed by atoms with Crippen molar-refractivity contribution in [1.82, 2.24) is 19.5 Å². The van der Waals surface area contributed by atoms with Crippen LogP contribution in [0.1, 0.15) is 15.9 Å². The smallest absolute Gasteiger partial charge is 0.258 e. The number of fused-ring (bicyclic) bond motifs is 2. The highest BCUT2D eigenvalue weighted by molar-refractivity contribution is 7.18.